The number of rotatable bonds is 5. The first-order valence-electron chi connectivity index (χ1n) is 14.3. The maximum absolute atomic E-state index is 12.5. The van der Waals surface area contributed by atoms with Gasteiger partial charge < -0.3 is 24.9 Å². The van der Waals surface area contributed by atoms with E-state index < -0.39 is 24.1 Å². The van der Waals surface area contributed by atoms with Crippen LogP contribution >= 0.6 is 0 Å². The molecule has 4 saturated carbocycles. The number of carbonyl (C=O) groups excluding carboxylic acids is 2. The average molecular weight is 516 g/mol. The fourth-order valence-corrected chi connectivity index (χ4v) is 9.78. The molecule has 0 radical (unpaired) electrons. The van der Waals surface area contributed by atoms with E-state index in [9.17, 15) is 24.9 Å². The van der Waals surface area contributed by atoms with Gasteiger partial charge in [0.25, 0.3) is 0 Å². The summed E-state index contributed by atoms with van der Waals surface area (Å²) in [5.41, 5.74) is 1.31. The van der Waals surface area contributed by atoms with Gasteiger partial charge in [-0.1, -0.05) is 39.3 Å². The van der Waals surface area contributed by atoms with Gasteiger partial charge in [-0.25, -0.2) is 0 Å². The molecule has 0 amide bonds. The Labute approximate surface area is 222 Å². The molecular weight excluding hydrogens is 468 g/mol. The Bertz CT molecular complexity index is 994. The fourth-order valence-electron chi connectivity index (χ4n) is 9.78. The summed E-state index contributed by atoms with van der Waals surface area (Å²) in [6.07, 6.45) is 5.92. The SMILES string of the molecule is CC(=O)O[C@H]1CC2(C)[C@@H](C[C@@H](O)[C@H]3[C@@]4(C)CC[C@@H](O)[C@@H](C)[C@H]4CC[C@@]32C)/C1=C(/CCC=C(C)C)C(=O)[O-]. The second-order valence-corrected chi connectivity index (χ2v) is 13.6. The van der Waals surface area contributed by atoms with Crippen LogP contribution in [-0.4, -0.2) is 40.5 Å². The van der Waals surface area contributed by atoms with Gasteiger partial charge in [0.2, 0.25) is 0 Å². The molecule has 4 fully saturated rings. The number of esters is 1. The fraction of sp³-hybridized carbons (Fsp3) is 0.806. The van der Waals surface area contributed by atoms with Gasteiger partial charge >= 0.3 is 5.97 Å². The first-order chi connectivity index (χ1) is 17.2. The number of carbonyl (C=O) groups is 2. The molecule has 10 atom stereocenters. The molecule has 0 bridgehead atoms. The van der Waals surface area contributed by atoms with Gasteiger partial charge in [-0.05, 0) is 116 Å². The third-order valence-electron chi connectivity index (χ3n) is 11.6. The van der Waals surface area contributed by atoms with E-state index in [4.69, 9.17) is 4.74 Å². The van der Waals surface area contributed by atoms with Crippen LogP contribution in [0.1, 0.15) is 99.8 Å². The molecule has 0 aliphatic heterocycles. The van der Waals surface area contributed by atoms with Crippen LogP contribution in [0.3, 0.4) is 0 Å². The monoisotopic (exact) mass is 515 g/mol. The zero-order chi connectivity index (χ0) is 27.5. The van der Waals surface area contributed by atoms with Crippen LogP contribution in [0.15, 0.2) is 22.8 Å². The number of carboxylic acids is 1. The molecule has 0 heterocycles. The number of hydrogen-bond donors (Lipinski definition) is 2. The Morgan fingerprint density at radius 3 is 2.32 bits per heavy atom. The molecule has 37 heavy (non-hydrogen) atoms. The number of aliphatic hydroxyl groups is 2. The minimum Gasteiger partial charge on any atom is -0.545 e. The summed E-state index contributed by atoms with van der Waals surface area (Å²) in [4.78, 5) is 24.7. The predicted molar refractivity (Wildman–Crippen MR) is 140 cm³/mol. The maximum atomic E-state index is 12.5. The Morgan fingerprint density at radius 2 is 1.73 bits per heavy atom. The lowest BCUT2D eigenvalue weighted by atomic mass is 9.36. The molecular formula is C31H47O6-. The molecule has 0 spiro atoms. The van der Waals surface area contributed by atoms with E-state index in [1.54, 1.807) is 0 Å². The highest BCUT2D eigenvalue weighted by molar-refractivity contribution is 5.86. The van der Waals surface area contributed by atoms with Crippen LogP contribution in [0.4, 0.5) is 0 Å². The zero-order valence-electron chi connectivity index (χ0n) is 23.8. The van der Waals surface area contributed by atoms with E-state index in [2.05, 4.69) is 27.7 Å². The third-order valence-corrected chi connectivity index (χ3v) is 11.6. The predicted octanol–water partition coefficient (Wildman–Crippen LogP) is 4.33. The van der Waals surface area contributed by atoms with Gasteiger partial charge in [-0.3, -0.25) is 4.79 Å². The number of carboxylic acid groups (broad SMARTS) is 1. The van der Waals surface area contributed by atoms with Crippen molar-refractivity contribution >= 4 is 11.9 Å². The zero-order valence-corrected chi connectivity index (χ0v) is 23.8. The number of allylic oxidation sites excluding steroid dienone is 2. The van der Waals surface area contributed by atoms with Crippen molar-refractivity contribution in [1.29, 1.82) is 0 Å². The van der Waals surface area contributed by atoms with Crippen LogP contribution in [0.5, 0.6) is 0 Å². The van der Waals surface area contributed by atoms with Crippen LogP contribution in [-0.2, 0) is 14.3 Å². The molecule has 208 valence electrons. The lowest BCUT2D eigenvalue weighted by molar-refractivity contribution is -0.299. The van der Waals surface area contributed by atoms with Crippen molar-refractivity contribution in [2.45, 2.75) is 118 Å². The second kappa shape index (κ2) is 9.82. The van der Waals surface area contributed by atoms with Crippen LogP contribution in [0.2, 0.25) is 0 Å². The molecule has 4 aliphatic carbocycles. The lowest BCUT2D eigenvalue weighted by Gasteiger charge is -2.69. The van der Waals surface area contributed by atoms with E-state index >= 15 is 0 Å². The highest BCUT2D eigenvalue weighted by Gasteiger charge is 2.70. The number of ether oxygens (including phenoxy) is 1. The van der Waals surface area contributed by atoms with E-state index in [-0.39, 0.29) is 45.7 Å². The molecule has 0 saturated heterocycles. The minimum atomic E-state index is -1.20. The third kappa shape index (κ3) is 4.40. The van der Waals surface area contributed by atoms with Crippen molar-refractivity contribution in [1.82, 2.24) is 0 Å². The Balaban J connectivity index is 1.82. The Kier molecular flexibility index (Phi) is 7.53. The number of fused-ring (bicyclic) bond motifs is 5. The summed E-state index contributed by atoms with van der Waals surface area (Å²) in [5, 5.41) is 35.0. The van der Waals surface area contributed by atoms with Gasteiger partial charge in [0.15, 0.2) is 0 Å². The summed E-state index contributed by atoms with van der Waals surface area (Å²) in [7, 11) is 0. The van der Waals surface area contributed by atoms with Crippen molar-refractivity contribution < 1.29 is 29.6 Å². The number of hydrogen-bond acceptors (Lipinski definition) is 6. The quantitative estimate of drug-likeness (QED) is 0.321. The molecule has 4 aliphatic rings. The van der Waals surface area contributed by atoms with Gasteiger partial charge in [0.05, 0.1) is 18.2 Å². The van der Waals surface area contributed by atoms with Crippen molar-refractivity contribution in [3.63, 3.8) is 0 Å². The smallest absolute Gasteiger partial charge is 0.303 e. The second-order valence-electron chi connectivity index (χ2n) is 13.6. The maximum Gasteiger partial charge on any atom is 0.303 e. The number of aliphatic hydroxyl groups excluding tert-OH is 2. The summed E-state index contributed by atoms with van der Waals surface area (Å²) >= 11 is 0. The van der Waals surface area contributed by atoms with Crippen molar-refractivity contribution in [2.75, 3.05) is 0 Å². The standard InChI is InChI=1S/C31H48O6/c1-17(2)9-8-10-20(28(35)36)26-22-15-24(34)27-29(5)13-12-23(33)18(3)21(29)11-14-30(27,6)31(22,7)16-25(26)37-19(4)32/h9,18,21-25,27,33-34H,8,10-16H2,1-7H3,(H,35,36)/p-1/b26-20+/t18-,21+,22-,23+,24+,25-,27-,29-,30-,31?/m0/s1. The van der Waals surface area contributed by atoms with Gasteiger partial charge in [0, 0.05) is 6.92 Å². The van der Waals surface area contributed by atoms with Gasteiger partial charge in [-0.15, -0.1) is 0 Å². The molecule has 0 aromatic carbocycles. The molecule has 1 unspecified atom stereocenters. The molecule has 2 N–H and O–H groups in total. The molecule has 0 aromatic heterocycles. The summed E-state index contributed by atoms with van der Waals surface area (Å²) in [6.45, 7) is 14.4. The first-order valence-corrected chi connectivity index (χ1v) is 14.3. The van der Waals surface area contributed by atoms with Crippen molar-refractivity contribution in [3.05, 3.63) is 22.8 Å². The molecule has 6 nitrogen and oxygen atoms in total. The van der Waals surface area contributed by atoms with Gasteiger partial charge in [0.1, 0.15) is 6.10 Å². The summed E-state index contributed by atoms with van der Waals surface area (Å²) in [6, 6.07) is 0. The molecule has 6 heteroatoms. The minimum absolute atomic E-state index is 0.0318. The topological polar surface area (TPSA) is 107 Å². The highest BCUT2D eigenvalue weighted by atomic mass is 16.5. The average Bonchev–Trinajstić information content (AvgIpc) is 3.05. The Morgan fingerprint density at radius 1 is 1.05 bits per heavy atom. The summed E-state index contributed by atoms with van der Waals surface area (Å²) < 4.78 is 5.84. The van der Waals surface area contributed by atoms with E-state index in [1.165, 1.54) is 6.92 Å². The molecule has 4 rings (SSSR count). The highest BCUT2D eigenvalue weighted by Crippen LogP contribution is 2.74. The van der Waals surface area contributed by atoms with E-state index in [1.807, 2.05) is 19.9 Å². The normalized spacial score (nSPS) is 46.2. The first kappa shape index (κ1) is 28.4. The van der Waals surface area contributed by atoms with Crippen LogP contribution in [0, 0.1) is 39.9 Å². The molecule has 0 aromatic rings. The van der Waals surface area contributed by atoms with E-state index in [0.717, 1.165) is 31.3 Å². The van der Waals surface area contributed by atoms with Crippen molar-refractivity contribution in [3.8, 4) is 0 Å². The largest absolute Gasteiger partial charge is 0.545 e. The van der Waals surface area contributed by atoms with Gasteiger partial charge in [-0.2, -0.15) is 0 Å². The van der Waals surface area contributed by atoms with E-state index in [0.29, 0.717) is 37.2 Å². The summed E-state index contributed by atoms with van der Waals surface area (Å²) in [5.74, 6) is -1.25. The number of aliphatic carboxylic acids is 1. The van der Waals surface area contributed by atoms with Crippen molar-refractivity contribution in [2.24, 2.45) is 39.9 Å². The van der Waals surface area contributed by atoms with Crippen LogP contribution < -0.4 is 5.11 Å². The lowest BCUT2D eigenvalue weighted by Crippen LogP contribution is -2.65. The Hall–Kier alpha value is -1.66. The van der Waals surface area contributed by atoms with Crippen LogP contribution in [0.25, 0.3) is 0 Å².